The van der Waals surface area contributed by atoms with Crippen molar-refractivity contribution in [2.24, 2.45) is 0 Å². The van der Waals surface area contributed by atoms with Crippen LogP contribution in [0.2, 0.25) is 0 Å². The Balaban J connectivity index is 2.09. The first kappa shape index (κ1) is 13.0. The second-order valence-corrected chi connectivity index (χ2v) is 5.06. The van der Waals surface area contributed by atoms with Crippen LogP contribution in [0.1, 0.15) is 5.56 Å². The molecule has 3 nitrogen and oxygen atoms in total. The topological polar surface area (TPSA) is 44.5 Å². The molecule has 2 rings (SSSR count). The molecule has 4 heteroatoms. The molecule has 2 aromatic rings. The lowest BCUT2D eigenvalue weighted by Gasteiger charge is -2.11. The summed E-state index contributed by atoms with van der Waals surface area (Å²) in [6.07, 6.45) is 0. The molecule has 0 bridgehead atoms. The maximum atomic E-state index is 5.76. The van der Waals surface area contributed by atoms with E-state index in [0.29, 0.717) is 12.3 Å². The summed E-state index contributed by atoms with van der Waals surface area (Å²) >= 11 is 2.26. The largest absolute Gasteiger partial charge is 0.496 e. The summed E-state index contributed by atoms with van der Waals surface area (Å²) in [7, 11) is 1.64. The molecular weight excluding hydrogens is 341 g/mol. The van der Waals surface area contributed by atoms with Crippen molar-refractivity contribution in [2.75, 3.05) is 12.8 Å². The van der Waals surface area contributed by atoms with Gasteiger partial charge in [0.1, 0.15) is 18.1 Å². The van der Waals surface area contributed by atoms with Crippen molar-refractivity contribution in [3.05, 3.63) is 51.6 Å². The minimum absolute atomic E-state index is 0.439. The number of anilines is 1. The van der Waals surface area contributed by atoms with Crippen LogP contribution >= 0.6 is 22.6 Å². The van der Waals surface area contributed by atoms with Crippen LogP contribution in [0.5, 0.6) is 11.5 Å². The third-order valence-electron chi connectivity index (χ3n) is 2.51. The molecule has 0 saturated carbocycles. The lowest BCUT2D eigenvalue weighted by atomic mass is 10.2. The number of benzene rings is 2. The Kier molecular flexibility index (Phi) is 4.30. The molecule has 0 aromatic heterocycles. The van der Waals surface area contributed by atoms with Gasteiger partial charge in [-0.2, -0.15) is 0 Å². The van der Waals surface area contributed by atoms with Crippen LogP contribution in [0, 0.1) is 3.57 Å². The first-order chi connectivity index (χ1) is 8.69. The standard InChI is InChI=1S/C14H14INO2/c1-17-14-7-4-12(16)8-10(14)9-18-13-5-2-11(15)3-6-13/h2-8H,9,16H2,1H3. The summed E-state index contributed by atoms with van der Waals surface area (Å²) in [6.45, 7) is 0.439. The van der Waals surface area contributed by atoms with Gasteiger partial charge in [-0.3, -0.25) is 0 Å². The Bertz CT molecular complexity index is 526. The monoisotopic (exact) mass is 355 g/mol. The third-order valence-corrected chi connectivity index (χ3v) is 3.23. The summed E-state index contributed by atoms with van der Waals surface area (Å²) in [6, 6.07) is 13.4. The second kappa shape index (κ2) is 5.95. The molecule has 18 heavy (non-hydrogen) atoms. The van der Waals surface area contributed by atoms with Gasteiger partial charge in [0.15, 0.2) is 0 Å². The van der Waals surface area contributed by atoms with Crippen molar-refractivity contribution in [2.45, 2.75) is 6.61 Å². The molecule has 0 aliphatic heterocycles. The van der Waals surface area contributed by atoms with Crippen LogP contribution in [0.25, 0.3) is 0 Å². The van der Waals surface area contributed by atoms with E-state index in [0.717, 1.165) is 17.1 Å². The molecule has 0 amide bonds. The summed E-state index contributed by atoms with van der Waals surface area (Å²) in [4.78, 5) is 0. The van der Waals surface area contributed by atoms with E-state index in [1.165, 1.54) is 3.57 Å². The normalized spacial score (nSPS) is 10.1. The molecule has 0 saturated heterocycles. The predicted octanol–water partition coefficient (Wildman–Crippen LogP) is 3.46. The minimum atomic E-state index is 0.439. The van der Waals surface area contributed by atoms with E-state index in [1.54, 1.807) is 7.11 Å². The lowest BCUT2D eigenvalue weighted by molar-refractivity contribution is 0.296. The molecular formula is C14H14INO2. The second-order valence-electron chi connectivity index (χ2n) is 3.81. The van der Waals surface area contributed by atoms with Gasteiger partial charge in [0.2, 0.25) is 0 Å². The van der Waals surface area contributed by atoms with Crippen molar-refractivity contribution >= 4 is 28.3 Å². The number of rotatable bonds is 4. The molecule has 0 atom stereocenters. The minimum Gasteiger partial charge on any atom is -0.496 e. The number of halogens is 1. The number of methoxy groups -OCH3 is 1. The van der Waals surface area contributed by atoms with Crippen LogP contribution in [0.3, 0.4) is 0 Å². The zero-order valence-electron chi connectivity index (χ0n) is 10.0. The number of nitrogen functional groups attached to an aromatic ring is 1. The molecule has 2 N–H and O–H groups in total. The van der Waals surface area contributed by atoms with Crippen LogP contribution in [-0.2, 0) is 6.61 Å². The van der Waals surface area contributed by atoms with Gasteiger partial charge in [0, 0.05) is 14.8 Å². The molecule has 0 heterocycles. The Hall–Kier alpha value is -1.43. The number of hydrogen-bond donors (Lipinski definition) is 1. The fraction of sp³-hybridized carbons (Fsp3) is 0.143. The molecule has 0 unspecified atom stereocenters. The van der Waals surface area contributed by atoms with Crippen LogP contribution in [-0.4, -0.2) is 7.11 Å². The highest BCUT2D eigenvalue weighted by molar-refractivity contribution is 14.1. The smallest absolute Gasteiger partial charge is 0.125 e. The highest BCUT2D eigenvalue weighted by atomic mass is 127. The van der Waals surface area contributed by atoms with E-state index in [2.05, 4.69) is 22.6 Å². The number of ether oxygens (including phenoxy) is 2. The van der Waals surface area contributed by atoms with Crippen LogP contribution < -0.4 is 15.2 Å². The highest BCUT2D eigenvalue weighted by Gasteiger charge is 2.04. The summed E-state index contributed by atoms with van der Waals surface area (Å²) < 4.78 is 12.2. The average Bonchev–Trinajstić information content (AvgIpc) is 2.38. The fourth-order valence-electron chi connectivity index (χ4n) is 1.60. The van der Waals surface area contributed by atoms with E-state index in [1.807, 2.05) is 42.5 Å². The van der Waals surface area contributed by atoms with Gasteiger partial charge in [-0.1, -0.05) is 0 Å². The SMILES string of the molecule is COc1ccc(N)cc1COc1ccc(I)cc1. The first-order valence-corrected chi connectivity index (χ1v) is 6.57. The van der Waals surface area contributed by atoms with Crippen molar-refractivity contribution in [3.63, 3.8) is 0 Å². The number of hydrogen-bond acceptors (Lipinski definition) is 3. The van der Waals surface area contributed by atoms with Gasteiger partial charge in [-0.25, -0.2) is 0 Å². The van der Waals surface area contributed by atoms with E-state index < -0.39 is 0 Å². The van der Waals surface area contributed by atoms with E-state index in [9.17, 15) is 0 Å². The molecule has 0 radical (unpaired) electrons. The third kappa shape index (κ3) is 3.29. The van der Waals surface area contributed by atoms with E-state index >= 15 is 0 Å². The Morgan fingerprint density at radius 1 is 1.11 bits per heavy atom. The fourth-order valence-corrected chi connectivity index (χ4v) is 1.96. The quantitative estimate of drug-likeness (QED) is 0.675. The van der Waals surface area contributed by atoms with Crippen LogP contribution in [0.4, 0.5) is 5.69 Å². The van der Waals surface area contributed by atoms with E-state index in [4.69, 9.17) is 15.2 Å². The molecule has 94 valence electrons. The molecule has 0 aliphatic rings. The summed E-state index contributed by atoms with van der Waals surface area (Å²) in [5.41, 5.74) is 7.41. The van der Waals surface area contributed by atoms with Gasteiger partial charge in [0.25, 0.3) is 0 Å². The zero-order valence-corrected chi connectivity index (χ0v) is 12.2. The Labute approximate surface area is 120 Å². The summed E-state index contributed by atoms with van der Waals surface area (Å²) in [5, 5.41) is 0. The average molecular weight is 355 g/mol. The van der Waals surface area contributed by atoms with Gasteiger partial charge < -0.3 is 15.2 Å². The van der Waals surface area contributed by atoms with Crippen LogP contribution in [0.15, 0.2) is 42.5 Å². The maximum absolute atomic E-state index is 5.76. The zero-order chi connectivity index (χ0) is 13.0. The Morgan fingerprint density at radius 3 is 2.50 bits per heavy atom. The predicted molar refractivity (Wildman–Crippen MR) is 80.9 cm³/mol. The lowest BCUT2D eigenvalue weighted by Crippen LogP contribution is -2.00. The van der Waals surface area contributed by atoms with Gasteiger partial charge in [-0.05, 0) is 65.1 Å². The Morgan fingerprint density at radius 2 is 1.83 bits per heavy atom. The van der Waals surface area contributed by atoms with Gasteiger partial charge in [0.05, 0.1) is 7.11 Å². The van der Waals surface area contributed by atoms with Crippen molar-refractivity contribution in [1.29, 1.82) is 0 Å². The summed E-state index contributed by atoms with van der Waals surface area (Å²) in [5.74, 6) is 1.62. The molecule has 0 spiro atoms. The van der Waals surface area contributed by atoms with Gasteiger partial charge in [-0.15, -0.1) is 0 Å². The van der Waals surface area contributed by atoms with Crippen molar-refractivity contribution in [3.8, 4) is 11.5 Å². The van der Waals surface area contributed by atoms with Gasteiger partial charge >= 0.3 is 0 Å². The molecule has 2 aromatic carbocycles. The van der Waals surface area contributed by atoms with Crippen molar-refractivity contribution < 1.29 is 9.47 Å². The molecule has 0 aliphatic carbocycles. The van der Waals surface area contributed by atoms with E-state index in [-0.39, 0.29) is 0 Å². The number of nitrogens with two attached hydrogens (primary N) is 1. The van der Waals surface area contributed by atoms with Crippen molar-refractivity contribution in [1.82, 2.24) is 0 Å². The first-order valence-electron chi connectivity index (χ1n) is 5.50. The highest BCUT2D eigenvalue weighted by Crippen LogP contribution is 2.23. The molecule has 0 fully saturated rings. The maximum Gasteiger partial charge on any atom is 0.125 e.